The van der Waals surface area contributed by atoms with Crippen molar-refractivity contribution in [3.8, 4) is 0 Å². The quantitative estimate of drug-likeness (QED) is 0.863. The first-order valence-corrected chi connectivity index (χ1v) is 7.15. The summed E-state index contributed by atoms with van der Waals surface area (Å²) in [6, 6.07) is 1.92. The van der Waals surface area contributed by atoms with Crippen LogP contribution in [0.2, 0.25) is 0 Å². The van der Waals surface area contributed by atoms with E-state index in [0.29, 0.717) is 18.8 Å². The number of ether oxygens (including phenoxy) is 1. The number of aromatic nitrogens is 1. The van der Waals surface area contributed by atoms with Crippen LogP contribution in [0.5, 0.6) is 0 Å². The lowest BCUT2D eigenvalue weighted by atomic mass is 9.91. The monoisotopic (exact) mass is 289 g/mol. The van der Waals surface area contributed by atoms with Gasteiger partial charge in [0.25, 0.3) is 0 Å². The van der Waals surface area contributed by atoms with Crippen LogP contribution in [0.25, 0.3) is 5.57 Å². The van der Waals surface area contributed by atoms with Gasteiger partial charge < -0.3 is 15.4 Å². The summed E-state index contributed by atoms with van der Waals surface area (Å²) in [5.41, 5.74) is 8.15. The summed E-state index contributed by atoms with van der Waals surface area (Å²) >= 11 is 0. The van der Waals surface area contributed by atoms with Gasteiger partial charge in [-0.25, -0.2) is 4.79 Å². The highest BCUT2D eigenvalue weighted by Gasteiger charge is 2.27. The molecule has 1 unspecified atom stereocenters. The summed E-state index contributed by atoms with van der Waals surface area (Å²) in [5.74, 6) is 0.217. The maximum Gasteiger partial charge on any atom is 0.410 e. The molecule has 5 nitrogen and oxygen atoms in total. The van der Waals surface area contributed by atoms with Crippen LogP contribution in [-0.2, 0) is 4.74 Å². The molecule has 21 heavy (non-hydrogen) atoms. The van der Waals surface area contributed by atoms with E-state index in [1.807, 2.05) is 33.0 Å². The lowest BCUT2D eigenvalue weighted by molar-refractivity contribution is 0.0252. The van der Waals surface area contributed by atoms with Crippen molar-refractivity contribution in [3.63, 3.8) is 0 Å². The molecular weight excluding hydrogens is 266 g/mol. The number of rotatable bonds is 1. The molecule has 1 amide bonds. The minimum atomic E-state index is -0.470. The summed E-state index contributed by atoms with van der Waals surface area (Å²) in [7, 11) is 0. The standard InChI is InChI=1S/C16H23N3O2/c1-11-10-19(15(20)21-16(2,3)4)6-5-14(11)12-7-13(17)9-18-8-12/h5,7-9,11H,6,10,17H2,1-4H3. The molecule has 5 heteroatoms. The zero-order valence-corrected chi connectivity index (χ0v) is 13.1. The Morgan fingerprint density at radius 2 is 2.14 bits per heavy atom. The number of carbonyl (C=O) groups is 1. The highest BCUT2D eigenvalue weighted by atomic mass is 16.6. The van der Waals surface area contributed by atoms with Gasteiger partial charge in [0, 0.05) is 25.5 Å². The third-order valence-corrected chi connectivity index (χ3v) is 3.30. The van der Waals surface area contributed by atoms with Crippen LogP contribution in [0.3, 0.4) is 0 Å². The number of hydrogen-bond donors (Lipinski definition) is 1. The highest BCUT2D eigenvalue weighted by molar-refractivity contribution is 5.74. The molecule has 1 atom stereocenters. The van der Waals surface area contributed by atoms with Crippen molar-refractivity contribution in [1.82, 2.24) is 9.88 Å². The third kappa shape index (κ3) is 3.97. The first-order chi connectivity index (χ1) is 9.76. The minimum absolute atomic E-state index is 0.217. The Morgan fingerprint density at radius 1 is 1.43 bits per heavy atom. The van der Waals surface area contributed by atoms with Gasteiger partial charge in [-0.05, 0) is 43.9 Å². The van der Waals surface area contributed by atoms with Gasteiger partial charge in [0.15, 0.2) is 0 Å². The Hall–Kier alpha value is -2.04. The van der Waals surface area contributed by atoms with Crippen molar-refractivity contribution in [2.75, 3.05) is 18.8 Å². The lowest BCUT2D eigenvalue weighted by Gasteiger charge is -2.33. The summed E-state index contributed by atoms with van der Waals surface area (Å²) in [4.78, 5) is 17.9. The first-order valence-electron chi connectivity index (χ1n) is 7.15. The number of pyridine rings is 1. The van der Waals surface area contributed by atoms with E-state index in [4.69, 9.17) is 10.5 Å². The topological polar surface area (TPSA) is 68.5 Å². The Kier molecular flexibility index (Phi) is 4.21. The molecule has 1 aromatic rings. The molecule has 2 rings (SSSR count). The molecule has 1 aliphatic heterocycles. The number of hydrogen-bond acceptors (Lipinski definition) is 4. The molecule has 0 saturated carbocycles. The van der Waals surface area contributed by atoms with Crippen LogP contribution in [0.15, 0.2) is 24.5 Å². The van der Waals surface area contributed by atoms with E-state index >= 15 is 0 Å². The molecule has 1 aliphatic rings. The zero-order valence-electron chi connectivity index (χ0n) is 13.1. The Labute approximate surface area is 125 Å². The van der Waals surface area contributed by atoms with Crippen molar-refractivity contribution < 1.29 is 9.53 Å². The molecule has 114 valence electrons. The molecule has 0 bridgehead atoms. The smallest absolute Gasteiger partial charge is 0.410 e. The predicted octanol–water partition coefficient (Wildman–Crippen LogP) is 2.93. The first kappa shape index (κ1) is 15.4. The van der Waals surface area contributed by atoms with E-state index in [0.717, 1.165) is 5.56 Å². The van der Waals surface area contributed by atoms with E-state index in [2.05, 4.69) is 18.0 Å². The molecule has 0 aliphatic carbocycles. The summed E-state index contributed by atoms with van der Waals surface area (Å²) in [6.45, 7) is 8.89. The van der Waals surface area contributed by atoms with Gasteiger partial charge >= 0.3 is 6.09 Å². The maximum atomic E-state index is 12.1. The second-order valence-corrected chi connectivity index (χ2v) is 6.45. The molecule has 0 fully saturated rings. The molecular formula is C16H23N3O2. The van der Waals surface area contributed by atoms with Crippen LogP contribution in [0.4, 0.5) is 10.5 Å². The van der Waals surface area contributed by atoms with Crippen LogP contribution < -0.4 is 5.73 Å². The lowest BCUT2D eigenvalue weighted by Crippen LogP contribution is -2.41. The minimum Gasteiger partial charge on any atom is -0.444 e. The van der Waals surface area contributed by atoms with Gasteiger partial charge in [-0.3, -0.25) is 4.98 Å². The Bertz CT molecular complexity index is 561. The molecule has 2 heterocycles. The molecule has 0 radical (unpaired) electrons. The van der Waals surface area contributed by atoms with Gasteiger partial charge in [-0.2, -0.15) is 0 Å². The SMILES string of the molecule is CC1CN(C(=O)OC(C)(C)C)CC=C1c1cncc(N)c1. The van der Waals surface area contributed by atoms with Gasteiger partial charge in [-0.15, -0.1) is 0 Å². The Balaban J connectivity index is 2.11. The Morgan fingerprint density at radius 3 is 2.71 bits per heavy atom. The number of nitrogens with zero attached hydrogens (tertiary/aromatic N) is 2. The number of carbonyl (C=O) groups excluding carboxylic acids is 1. The van der Waals surface area contributed by atoms with E-state index in [9.17, 15) is 4.79 Å². The predicted molar refractivity (Wildman–Crippen MR) is 83.6 cm³/mol. The second-order valence-electron chi connectivity index (χ2n) is 6.45. The fraction of sp³-hybridized carbons (Fsp3) is 0.500. The third-order valence-electron chi connectivity index (χ3n) is 3.30. The van der Waals surface area contributed by atoms with Crippen molar-refractivity contribution >= 4 is 17.4 Å². The zero-order chi connectivity index (χ0) is 15.6. The van der Waals surface area contributed by atoms with Gasteiger partial charge in [0.05, 0.1) is 5.69 Å². The normalized spacial score (nSPS) is 19.1. The largest absolute Gasteiger partial charge is 0.444 e. The molecule has 0 spiro atoms. The van der Waals surface area contributed by atoms with Crippen molar-refractivity contribution in [2.24, 2.45) is 5.92 Å². The molecule has 1 aromatic heterocycles. The number of nitrogen functional groups attached to an aromatic ring is 1. The highest BCUT2D eigenvalue weighted by Crippen LogP contribution is 2.28. The summed E-state index contributed by atoms with van der Waals surface area (Å²) in [5, 5.41) is 0. The number of anilines is 1. The van der Waals surface area contributed by atoms with Crippen molar-refractivity contribution in [1.29, 1.82) is 0 Å². The molecule has 2 N–H and O–H groups in total. The fourth-order valence-corrected chi connectivity index (χ4v) is 2.41. The van der Waals surface area contributed by atoms with E-state index in [-0.39, 0.29) is 12.0 Å². The molecule has 0 aromatic carbocycles. The van der Waals surface area contributed by atoms with Crippen molar-refractivity contribution in [3.05, 3.63) is 30.1 Å². The van der Waals surface area contributed by atoms with Crippen LogP contribution in [-0.4, -0.2) is 34.7 Å². The van der Waals surface area contributed by atoms with E-state index in [1.54, 1.807) is 11.1 Å². The van der Waals surface area contributed by atoms with Gasteiger partial charge in [0.2, 0.25) is 0 Å². The van der Waals surface area contributed by atoms with Crippen molar-refractivity contribution in [2.45, 2.75) is 33.3 Å². The molecule has 0 saturated heterocycles. The summed E-state index contributed by atoms with van der Waals surface area (Å²) in [6.07, 6.45) is 5.22. The second kappa shape index (κ2) is 5.76. The summed E-state index contributed by atoms with van der Waals surface area (Å²) < 4.78 is 5.41. The maximum absolute atomic E-state index is 12.1. The average molecular weight is 289 g/mol. The van der Waals surface area contributed by atoms with E-state index in [1.165, 1.54) is 5.57 Å². The van der Waals surface area contributed by atoms with Crippen LogP contribution in [0.1, 0.15) is 33.3 Å². The fourth-order valence-electron chi connectivity index (χ4n) is 2.41. The number of nitrogens with two attached hydrogens (primary N) is 1. The van der Waals surface area contributed by atoms with Gasteiger partial charge in [-0.1, -0.05) is 13.0 Å². The van der Waals surface area contributed by atoms with Crippen LogP contribution in [0, 0.1) is 5.92 Å². The van der Waals surface area contributed by atoms with Gasteiger partial charge in [0.1, 0.15) is 5.60 Å². The number of amides is 1. The van der Waals surface area contributed by atoms with Crippen LogP contribution >= 0.6 is 0 Å². The van der Waals surface area contributed by atoms with E-state index < -0.39 is 5.60 Å². The average Bonchev–Trinajstić information content (AvgIpc) is 2.36.